The zero-order valence-corrected chi connectivity index (χ0v) is 20.9. The standard InChI is InChI=1S/C26H25F2N7S/c1-16(34(2)3)19-8-7-18(27)14-21(19)20-6-4-5-17-13-23(36-25(17)20)24-22(28)15-30-26(32-24)29-9-11-35-12-10-31-33-35/h4-8,10,12-16H,9,11H2,1-3H3,(H,29,30,32)/t16-/m0/s1. The summed E-state index contributed by atoms with van der Waals surface area (Å²) < 4.78 is 31.8. The number of halogens is 2. The van der Waals surface area contributed by atoms with Crippen molar-refractivity contribution < 1.29 is 8.78 Å². The van der Waals surface area contributed by atoms with E-state index in [4.69, 9.17) is 0 Å². The predicted molar refractivity (Wildman–Crippen MR) is 139 cm³/mol. The van der Waals surface area contributed by atoms with Crippen molar-refractivity contribution >= 4 is 27.4 Å². The van der Waals surface area contributed by atoms with Crippen molar-refractivity contribution in [2.75, 3.05) is 26.0 Å². The fraction of sp³-hybridized carbons (Fsp3) is 0.231. The first kappa shape index (κ1) is 24.0. The summed E-state index contributed by atoms with van der Waals surface area (Å²) in [6.07, 6.45) is 4.54. The predicted octanol–water partition coefficient (Wildman–Crippen LogP) is 5.63. The van der Waals surface area contributed by atoms with E-state index < -0.39 is 5.82 Å². The quantitative estimate of drug-likeness (QED) is 0.295. The normalized spacial score (nSPS) is 12.4. The Balaban J connectivity index is 1.51. The van der Waals surface area contributed by atoms with Crippen molar-refractivity contribution in [1.29, 1.82) is 0 Å². The third kappa shape index (κ3) is 4.82. The molecule has 0 radical (unpaired) electrons. The first-order chi connectivity index (χ1) is 17.4. The average molecular weight is 506 g/mol. The molecule has 1 N–H and O–H groups in total. The molecule has 0 aliphatic carbocycles. The molecule has 0 unspecified atom stereocenters. The third-order valence-corrected chi connectivity index (χ3v) is 7.34. The number of anilines is 1. The van der Waals surface area contributed by atoms with Crippen molar-refractivity contribution in [1.82, 2.24) is 29.9 Å². The Morgan fingerprint density at radius 1 is 1.11 bits per heavy atom. The Morgan fingerprint density at radius 2 is 1.97 bits per heavy atom. The maximum absolute atomic E-state index is 14.8. The van der Waals surface area contributed by atoms with Crippen LogP contribution in [0.4, 0.5) is 14.7 Å². The van der Waals surface area contributed by atoms with Crippen LogP contribution in [0.2, 0.25) is 0 Å². The zero-order valence-electron chi connectivity index (χ0n) is 20.1. The fourth-order valence-corrected chi connectivity index (χ4v) is 5.23. The van der Waals surface area contributed by atoms with Crippen molar-refractivity contribution in [2.45, 2.75) is 19.5 Å². The Bertz CT molecular complexity index is 1500. The number of hydrogen-bond donors (Lipinski definition) is 1. The van der Waals surface area contributed by atoms with Crippen molar-refractivity contribution in [3.63, 3.8) is 0 Å². The molecule has 0 spiro atoms. The van der Waals surface area contributed by atoms with Gasteiger partial charge < -0.3 is 10.2 Å². The number of fused-ring (bicyclic) bond motifs is 1. The Morgan fingerprint density at radius 3 is 2.75 bits per heavy atom. The van der Waals surface area contributed by atoms with Crippen molar-refractivity contribution in [3.05, 3.63) is 78.3 Å². The maximum atomic E-state index is 14.8. The van der Waals surface area contributed by atoms with Gasteiger partial charge in [0.2, 0.25) is 5.95 Å². The second-order valence-electron chi connectivity index (χ2n) is 8.69. The average Bonchev–Trinajstić information content (AvgIpc) is 3.54. The molecule has 36 heavy (non-hydrogen) atoms. The van der Waals surface area contributed by atoms with Gasteiger partial charge in [0, 0.05) is 23.5 Å². The van der Waals surface area contributed by atoms with Crippen molar-refractivity contribution in [3.8, 4) is 21.7 Å². The van der Waals surface area contributed by atoms with Crippen LogP contribution in [0.1, 0.15) is 18.5 Å². The van der Waals surface area contributed by atoms with E-state index in [0.29, 0.717) is 23.9 Å². The second kappa shape index (κ2) is 10.1. The van der Waals surface area contributed by atoms with Crippen LogP contribution in [0.15, 0.2) is 61.1 Å². The zero-order chi connectivity index (χ0) is 25.2. The van der Waals surface area contributed by atoms with Gasteiger partial charge in [0.15, 0.2) is 5.82 Å². The van der Waals surface area contributed by atoms with Gasteiger partial charge in [-0.3, -0.25) is 4.68 Å². The lowest BCUT2D eigenvalue weighted by Crippen LogP contribution is -2.17. The van der Waals surface area contributed by atoms with E-state index in [1.54, 1.807) is 23.1 Å². The maximum Gasteiger partial charge on any atom is 0.223 e. The van der Waals surface area contributed by atoms with E-state index >= 15 is 0 Å². The summed E-state index contributed by atoms with van der Waals surface area (Å²) in [7, 11) is 3.99. The lowest BCUT2D eigenvalue weighted by Gasteiger charge is -2.23. The molecule has 5 rings (SSSR count). The van der Waals surface area contributed by atoms with Gasteiger partial charge in [-0.15, -0.1) is 16.4 Å². The van der Waals surface area contributed by atoms with Crippen LogP contribution in [0, 0.1) is 11.6 Å². The number of benzene rings is 2. The van der Waals surface area contributed by atoms with Crippen LogP contribution in [-0.2, 0) is 6.54 Å². The molecule has 3 aromatic heterocycles. The van der Waals surface area contributed by atoms with Crippen molar-refractivity contribution in [2.24, 2.45) is 0 Å². The van der Waals surface area contributed by atoms with Gasteiger partial charge in [-0.25, -0.2) is 18.7 Å². The molecule has 0 bridgehead atoms. The SMILES string of the molecule is C[C@@H](c1ccc(F)cc1-c1cccc2cc(-c3nc(NCCn4ccnn4)ncc3F)sc12)N(C)C. The number of rotatable bonds is 8. The molecule has 0 saturated heterocycles. The molecule has 10 heteroatoms. The second-order valence-corrected chi connectivity index (χ2v) is 9.74. The summed E-state index contributed by atoms with van der Waals surface area (Å²) in [6.45, 7) is 3.17. The summed E-state index contributed by atoms with van der Waals surface area (Å²) in [5.74, 6) is -0.467. The summed E-state index contributed by atoms with van der Waals surface area (Å²) >= 11 is 1.43. The molecule has 0 amide bonds. The smallest absolute Gasteiger partial charge is 0.223 e. The van der Waals surface area contributed by atoms with E-state index in [1.807, 2.05) is 44.4 Å². The summed E-state index contributed by atoms with van der Waals surface area (Å²) in [6, 6.07) is 12.8. The van der Waals surface area contributed by atoms with Crippen LogP contribution >= 0.6 is 11.3 Å². The summed E-state index contributed by atoms with van der Waals surface area (Å²) in [5.41, 5.74) is 2.99. The highest BCUT2D eigenvalue weighted by molar-refractivity contribution is 7.22. The molecule has 184 valence electrons. The Labute approximate surface area is 211 Å². The van der Waals surface area contributed by atoms with E-state index in [2.05, 4.69) is 37.4 Å². The van der Waals surface area contributed by atoms with E-state index in [0.717, 1.165) is 26.8 Å². The molecule has 0 aliphatic heterocycles. The topological polar surface area (TPSA) is 71.8 Å². The number of thiophene rings is 1. The first-order valence-corrected chi connectivity index (χ1v) is 12.3. The van der Waals surface area contributed by atoms with Crippen LogP contribution in [0.5, 0.6) is 0 Å². The minimum atomic E-state index is -0.502. The van der Waals surface area contributed by atoms with Gasteiger partial charge in [0.05, 0.1) is 23.8 Å². The first-order valence-electron chi connectivity index (χ1n) is 11.5. The molecule has 0 fully saturated rings. The number of hydrogen-bond acceptors (Lipinski definition) is 7. The number of nitrogens with one attached hydrogen (secondary N) is 1. The van der Waals surface area contributed by atoms with Crippen LogP contribution in [0.25, 0.3) is 31.8 Å². The van der Waals surface area contributed by atoms with Gasteiger partial charge in [-0.2, -0.15) is 0 Å². The highest BCUT2D eigenvalue weighted by Crippen LogP contribution is 2.41. The molecule has 2 aromatic carbocycles. The fourth-order valence-electron chi connectivity index (χ4n) is 4.06. The molecule has 0 saturated carbocycles. The van der Waals surface area contributed by atoms with Gasteiger partial charge in [0.1, 0.15) is 11.5 Å². The molecule has 0 aliphatic rings. The monoisotopic (exact) mass is 505 g/mol. The Hall–Kier alpha value is -3.76. The summed E-state index contributed by atoms with van der Waals surface area (Å²) in [4.78, 5) is 11.3. The highest BCUT2D eigenvalue weighted by Gasteiger charge is 2.19. The van der Waals surface area contributed by atoms with Gasteiger partial charge in [-0.1, -0.05) is 29.5 Å². The van der Waals surface area contributed by atoms with Crippen LogP contribution in [0.3, 0.4) is 0 Å². The molecule has 7 nitrogen and oxygen atoms in total. The van der Waals surface area contributed by atoms with E-state index in [1.165, 1.54) is 23.6 Å². The molecular formula is C26H25F2N7S. The molecular weight excluding hydrogens is 480 g/mol. The molecule has 3 heterocycles. The van der Waals surface area contributed by atoms with Crippen LogP contribution < -0.4 is 5.32 Å². The molecule has 1 atom stereocenters. The van der Waals surface area contributed by atoms with Gasteiger partial charge in [0.25, 0.3) is 0 Å². The minimum Gasteiger partial charge on any atom is -0.352 e. The van der Waals surface area contributed by atoms with E-state index in [9.17, 15) is 8.78 Å². The Kier molecular flexibility index (Phi) is 6.71. The lowest BCUT2D eigenvalue weighted by atomic mass is 9.94. The van der Waals surface area contributed by atoms with Gasteiger partial charge >= 0.3 is 0 Å². The van der Waals surface area contributed by atoms with Crippen LogP contribution in [-0.4, -0.2) is 50.5 Å². The minimum absolute atomic E-state index is 0.0840. The lowest BCUT2D eigenvalue weighted by molar-refractivity contribution is 0.321. The van der Waals surface area contributed by atoms with E-state index in [-0.39, 0.29) is 17.6 Å². The number of nitrogens with zero attached hydrogens (tertiary/aromatic N) is 6. The van der Waals surface area contributed by atoms with Gasteiger partial charge in [-0.05, 0) is 61.3 Å². The molecule has 5 aromatic rings. The summed E-state index contributed by atoms with van der Waals surface area (Å²) in [5, 5.41) is 11.7. The highest BCUT2D eigenvalue weighted by atomic mass is 32.1. The number of aromatic nitrogens is 5. The largest absolute Gasteiger partial charge is 0.352 e. The third-order valence-electron chi connectivity index (χ3n) is 6.15.